The summed E-state index contributed by atoms with van der Waals surface area (Å²) >= 11 is 0. The number of aliphatic hydroxyl groups excluding tert-OH is 1. The number of fused-ring (bicyclic) bond motifs is 1. The molecule has 0 aromatic heterocycles. The Morgan fingerprint density at radius 1 is 1.06 bits per heavy atom. The van der Waals surface area contributed by atoms with Crippen LogP contribution in [0, 0.1) is 5.92 Å². The molecule has 2 aliphatic rings. The van der Waals surface area contributed by atoms with Crippen LogP contribution in [0.15, 0.2) is 42.5 Å². The maximum atomic E-state index is 11.8. The zero-order valence-electron chi connectivity index (χ0n) is 16.8. The number of halogens is 3. The minimum absolute atomic E-state index is 0.260. The Balaban J connectivity index is 0.000000339. The molecule has 1 saturated heterocycles. The Hall–Kier alpha value is -2.71. The molecule has 0 amide bonds. The van der Waals surface area contributed by atoms with Gasteiger partial charge < -0.3 is 15.5 Å². The van der Waals surface area contributed by atoms with Crippen molar-refractivity contribution in [2.45, 2.75) is 38.0 Å². The first-order chi connectivity index (χ1) is 14.7. The van der Waals surface area contributed by atoms with Crippen LogP contribution in [0.4, 0.5) is 13.2 Å². The number of alkyl halides is 3. The van der Waals surface area contributed by atoms with Gasteiger partial charge in [0.1, 0.15) is 0 Å². The van der Waals surface area contributed by atoms with E-state index in [0.717, 1.165) is 60.2 Å². The Morgan fingerprint density at radius 3 is 2.29 bits per heavy atom. The maximum absolute atomic E-state index is 11.8. The number of Topliss-reactive ketones (excluding diaryl/α,β-unsaturated/α-hetero) is 1. The lowest BCUT2D eigenvalue weighted by Crippen LogP contribution is -2.33. The third kappa shape index (κ3) is 5.71. The highest BCUT2D eigenvalue weighted by atomic mass is 19.4. The van der Waals surface area contributed by atoms with Crippen molar-refractivity contribution in [2.24, 2.45) is 5.92 Å². The van der Waals surface area contributed by atoms with Gasteiger partial charge in [-0.15, -0.1) is 0 Å². The molecule has 0 radical (unpaired) electrons. The molecule has 2 unspecified atom stereocenters. The van der Waals surface area contributed by atoms with Gasteiger partial charge in [0, 0.05) is 24.4 Å². The molecule has 0 spiro atoms. The Kier molecular flexibility index (Phi) is 7.12. The number of aliphatic carboxylic acids is 1. The zero-order chi connectivity index (χ0) is 22.6. The summed E-state index contributed by atoms with van der Waals surface area (Å²) in [6.45, 7) is 1.95. The average Bonchev–Trinajstić information content (AvgIpc) is 3.14. The quantitative estimate of drug-likeness (QED) is 0.674. The molecule has 166 valence electrons. The van der Waals surface area contributed by atoms with Crippen molar-refractivity contribution in [3.63, 3.8) is 0 Å². The smallest absolute Gasteiger partial charge is 0.475 e. The van der Waals surface area contributed by atoms with E-state index in [1.165, 1.54) is 0 Å². The fraction of sp³-hybridized carbons (Fsp3) is 0.391. The monoisotopic (exact) mass is 435 g/mol. The van der Waals surface area contributed by atoms with Gasteiger partial charge in [0.05, 0.1) is 6.10 Å². The van der Waals surface area contributed by atoms with Gasteiger partial charge in [0.15, 0.2) is 5.78 Å². The van der Waals surface area contributed by atoms with Gasteiger partial charge in [-0.3, -0.25) is 4.79 Å². The highest BCUT2D eigenvalue weighted by Crippen LogP contribution is 2.31. The molecular formula is C23H24F3NO4. The van der Waals surface area contributed by atoms with Crippen molar-refractivity contribution in [3.8, 4) is 11.1 Å². The Labute approximate surface area is 177 Å². The number of hydrogen-bond acceptors (Lipinski definition) is 4. The van der Waals surface area contributed by atoms with E-state index < -0.39 is 18.2 Å². The molecular weight excluding hydrogens is 411 g/mol. The van der Waals surface area contributed by atoms with Crippen LogP contribution in [0.25, 0.3) is 11.1 Å². The average molecular weight is 435 g/mol. The van der Waals surface area contributed by atoms with Crippen LogP contribution in [-0.2, 0) is 11.2 Å². The summed E-state index contributed by atoms with van der Waals surface area (Å²) in [5, 5.41) is 21.1. The fourth-order valence-corrected chi connectivity index (χ4v) is 3.93. The predicted octanol–water partition coefficient (Wildman–Crippen LogP) is 4.15. The van der Waals surface area contributed by atoms with Gasteiger partial charge in [0.2, 0.25) is 0 Å². The van der Waals surface area contributed by atoms with Gasteiger partial charge in [0.25, 0.3) is 0 Å². The van der Waals surface area contributed by atoms with Crippen molar-refractivity contribution in [1.29, 1.82) is 0 Å². The van der Waals surface area contributed by atoms with Crippen LogP contribution in [0.3, 0.4) is 0 Å². The number of carboxylic acids is 1. The minimum atomic E-state index is -5.08. The van der Waals surface area contributed by atoms with Crippen LogP contribution in [-0.4, -0.2) is 41.2 Å². The van der Waals surface area contributed by atoms with Gasteiger partial charge in [-0.1, -0.05) is 42.5 Å². The molecule has 2 aromatic rings. The van der Waals surface area contributed by atoms with E-state index in [0.29, 0.717) is 12.3 Å². The largest absolute Gasteiger partial charge is 0.490 e. The van der Waals surface area contributed by atoms with E-state index in [4.69, 9.17) is 9.90 Å². The number of carbonyl (C=O) groups excluding carboxylic acids is 1. The summed E-state index contributed by atoms with van der Waals surface area (Å²) in [5.74, 6) is -2.20. The Bertz CT molecular complexity index is 935. The fourth-order valence-electron chi connectivity index (χ4n) is 3.93. The number of ketones is 1. The molecule has 0 bridgehead atoms. The number of aliphatic hydroxyl groups is 1. The highest BCUT2D eigenvalue weighted by Gasteiger charge is 2.38. The van der Waals surface area contributed by atoms with Crippen molar-refractivity contribution in [2.75, 3.05) is 13.1 Å². The van der Waals surface area contributed by atoms with Gasteiger partial charge in [-0.05, 0) is 48.1 Å². The van der Waals surface area contributed by atoms with Crippen molar-refractivity contribution in [3.05, 3.63) is 59.2 Å². The van der Waals surface area contributed by atoms with Crippen LogP contribution < -0.4 is 5.32 Å². The molecule has 5 nitrogen and oxygen atoms in total. The number of aryl methyl sites for hydroxylation is 1. The number of carbonyl (C=O) groups is 2. The first kappa shape index (κ1) is 23.0. The summed E-state index contributed by atoms with van der Waals surface area (Å²) in [4.78, 5) is 20.6. The van der Waals surface area contributed by atoms with E-state index in [-0.39, 0.29) is 5.78 Å². The van der Waals surface area contributed by atoms with Gasteiger partial charge in [-0.25, -0.2) is 4.79 Å². The SMILES string of the molecule is O=C(O)C(F)(F)F.O=C1CCc2cc(-c3ccc(C(O)C4CCCNC4)cc3)ccc21. The molecule has 4 rings (SSSR count). The normalized spacial score (nSPS) is 19.2. The number of carboxylic acid groups (broad SMARTS) is 1. The van der Waals surface area contributed by atoms with Crippen molar-refractivity contribution in [1.82, 2.24) is 5.32 Å². The topological polar surface area (TPSA) is 86.6 Å². The highest BCUT2D eigenvalue weighted by molar-refractivity contribution is 6.00. The molecule has 1 aliphatic heterocycles. The van der Waals surface area contributed by atoms with Crippen molar-refractivity contribution < 1.29 is 33.0 Å². The molecule has 1 fully saturated rings. The lowest BCUT2D eigenvalue weighted by molar-refractivity contribution is -0.192. The standard InChI is InChI=1S/C21H23NO2.C2HF3O2/c23-20-10-8-17-12-16(7-9-19(17)20)14-3-5-15(6-4-14)21(24)18-2-1-11-22-13-18;3-2(4,5)1(6)7/h3-7,9,12,18,21-22,24H,1-2,8,10-11,13H2;(H,6,7). The molecule has 1 aliphatic carbocycles. The van der Waals surface area contributed by atoms with Gasteiger partial charge >= 0.3 is 12.1 Å². The second-order valence-electron chi connectivity index (χ2n) is 7.77. The van der Waals surface area contributed by atoms with Crippen LogP contribution in [0.1, 0.15) is 46.9 Å². The second kappa shape index (κ2) is 9.62. The van der Waals surface area contributed by atoms with E-state index in [9.17, 15) is 23.1 Å². The lowest BCUT2D eigenvalue weighted by Gasteiger charge is -2.27. The third-order valence-corrected chi connectivity index (χ3v) is 5.64. The predicted molar refractivity (Wildman–Crippen MR) is 109 cm³/mol. The van der Waals surface area contributed by atoms with E-state index in [2.05, 4.69) is 23.5 Å². The molecule has 31 heavy (non-hydrogen) atoms. The zero-order valence-corrected chi connectivity index (χ0v) is 16.8. The Morgan fingerprint density at radius 2 is 1.71 bits per heavy atom. The van der Waals surface area contributed by atoms with E-state index in [1.54, 1.807) is 0 Å². The maximum Gasteiger partial charge on any atom is 0.490 e. The second-order valence-corrected chi connectivity index (χ2v) is 7.77. The van der Waals surface area contributed by atoms with E-state index in [1.807, 2.05) is 24.3 Å². The summed E-state index contributed by atoms with van der Waals surface area (Å²) in [5.41, 5.74) is 5.31. The van der Waals surface area contributed by atoms with E-state index >= 15 is 0 Å². The lowest BCUT2D eigenvalue weighted by atomic mass is 9.89. The minimum Gasteiger partial charge on any atom is -0.475 e. The summed E-state index contributed by atoms with van der Waals surface area (Å²) in [6, 6.07) is 14.3. The molecule has 0 saturated carbocycles. The van der Waals surface area contributed by atoms with Crippen LogP contribution in [0.5, 0.6) is 0 Å². The number of rotatable bonds is 3. The number of piperidine rings is 1. The van der Waals surface area contributed by atoms with Crippen LogP contribution in [0.2, 0.25) is 0 Å². The van der Waals surface area contributed by atoms with Crippen molar-refractivity contribution >= 4 is 11.8 Å². The molecule has 2 aromatic carbocycles. The number of nitrogens with one attached hydrogen (secondary N) is 1. The first-order valence-corrected chi connectivity index (χ1v) is 10.1. The summed E-state index contributed by atoms with van der Waals surface area (Å²) in [6.07, 6.45) is -1.78. The van der Waals surface area contributed by atoms with Gasteiger partial charge in [-0.2, -0.15) is 13.2 Å². The third-order valence-electron chi connectivity index (χ3n) is 5.64. The molecule has 2 atom stereocenters. The number of hydrogen-bond donors (Lipinski definition) is 3. The molecule has 3 N–H and O–H groups in total. The summed E-state index contributed by atoms with van der Waals surface area (Å²) < 4.78 is 31.7. The summed E-state index contributed by atoms with van der Waals surface area (Å²) in [7, 11) is 0. The molecule has 1 heterocycles. The van der Waals surface area contributed by atoms with Crippen LogP contribution >= 0.6 is 0 Å². The number of benzene rings is 2. The molecule has 8 heteroatoms. The first-order valence-electron chi connectivity index (χ1n) is 10.1.